The number of thioether (sulfide) groups is 1. The summed E-state index contributed by atoms with van der Waals surface area (Å²) in [5, 5.41) is 9.34. The molecule has 1 aromatic heterocycles. The van der Waals surface area contributed by atoms with Crippen LogP contribution in [0, 0.1) is 23.7 Å². The predicted molar refractivity (Wildman–Crippen MR) is 103 cm³/mol. The third-order valence-corrected chi connectivity index (χ3v) is 7.99. The number of aromatic nitrogens is 1. The first-order chi connectivity index (χ1) is 12.1. The molecule has 2 aliphatic carbocycles. The summed E-state index contributed by atoms with van der Waals surface area (Å²) in [5.74, 6) is 1.86. The molecule has 2 saturated carbocycles. The minimum Gasteiger partial charge on any atom is -0.360 e. The fourth-order valence-corrected chi connectivity index (χ4v) is 5.28. The van der Waals surface area contributed by atoms with Crippen molar-refractivity contribution in [2.24, 2.45) is 16.7 Å². The summed E-state index contributed by atoms with van der Waals surface area (Å²) in [6.07, 6.45) is 3.52. The van der Waals surface area contributed by atoms with Gasteiger partial charge in [-0.1, -0.05) is 25.9 Å². The monoisotopic (exact) mass is 379 g/mol. The van der Waals surface area contributed by atoms with Crippen molar-refractivity contribution < 1.29 is 14.1 Å². The quantitative estimate of drug-likeness (QED) is 0.792. The molecule has 3 rings (SSSR count). The molecule has 2 amide bonds. The van der Waals surface area contributed by atoms with E-state index < -0.39 is 0 Å². The lowest BCUT2D eigenvalue weighted by Crippen LogP contribution is -2.47. The van der Waals surface area contributed by atoms with E-state index in [9.17, 15) is 9.59 Å². The molecule has 6 nitrogen and oxygen atoms in total. The number of hydrogen-bond acceptors (Lipinski definition) is 5. The van der Waals surface area contributed by atoms with Crippen LogP contribution < -0.4 is 10.6 Å². The Balaban J connectivity index is 1.46. The van der Waals surface area contributed by atoms with E-state index in [4.69, 9.17) is 4.52 Å². The summed E-state index contributed by atoms with van der Waals surface area (Å²) in [5.41, 5.74) is 0.451. The Hall–Kier alpha value is -1.50. The van der Waals surface area contributed by atoms with E-state index in [1.54, 1.807) is 19.9 Å². The topological polar surface area (TPSA) is 84.2 Å². The molecule has 0 unspecified atom stereocenters. The van der Waals surface area contributed by atoms with E-state index >= 15 is 0 Å². The number of aryl methyl sites for hydroxylation is 1. The number of anilines is 1. The maximum Gasteiger partial charge on any atom is 0.238 e. The summed E-state index contributed by atoms with van der Waals surface area (Å²) >= 11 is 1.34. The molecule has 0 saturated heterocycles. The summed E-state index contributed by atoms with van der Waals surface area (Å²) in [4.78, 5) is 24.6. The third-order valence-electron chi connectivity index (χ3n) is 6.84. The maximum atomic E-state index is 12.4. The van der Waals surface area contributed by atoms with Crippen LogP contribution in [0.25, 0.3) is 0 Å². The highest BCUT2D eigenvalue weighted by atomic mass is 32.2. The number of nitrogens with one attached hydrogen (secondary N) is 2. The molecule has 144 valence electrons. The van der Waals surface area contributed by atoms with Crippen molar-refractivity contribution in [2.45, 2.75) is 65.2 Å². The van der Waals surface area contributed by atoms with Crippen LogP contribution in [0.5, 0.6) is 0 Å². The Morgan fingerprint density at radius 2 is 2.15 bits per heavy atom. The van der Waals surface area contributed by atoms with Crippen LogP contribution >= 0.6 is 11.8 Å². The van der Waals surface area contributed by atoms with E-state index in [1.165, 1.54) is 24.6 Å². The molecule has 1 heterocycles. The lowest BCUT2D eigenvalue weighted by atomic mass is 9.69. The molecule has 0 radical (unpaired) electrons. The lowest BCUT2D eigenvalue weighted by molar-refractivity contribution is -0.120. The van der Waals surface area contributed by atoms with Crippen LogP contribution in [0.3, 0.4) is 0 Å². The molecule has 0 spiro atoms. The second-order valence-electron chi connectivity index (χ2n) is 8.50. The molecule has 26 heavy (non-hydrogen) atoms. The molecular formula is C19H29N3O3S. The number of hydrogen-bond donors (Lipinski definition) is 2. The number of nitrogens with zero attached hydrogens (tertiary/aromatic N) is 1. The van der Waals surface area contributed by atoms with Gasteiger partial charge in [0, 0.05) is 12.1 Å². The van der Waals surface area contributed by atoms with Crippen LogP contribution in [0.4, 0.5) is 5.82 Å². The Bertz CT molecular complexity index is 702. The average molecular weight is 380 g/mol. The van der Waals surface area contributed by atoms with Crippen LogP contribution in [-0.4, -0.2) is 34.0 Å². The van der Waals surface area contributed by atoms with Crippen molar-refractivity contribution in [2.75, 3.05) is 11.1 Å². The molecule has 2 aliphatic rings. The maximum absolute atomic E-state index is 12.4. The highest BCUT2D eigenvalue weighted by Gasteiger charge is 2.61. The summed E-state index contributed by atoms with van der Waals surface area (Å²) in [7, 11) is 0. The summed E-state index contributed by atoms with van der Waals surface area (Å²) in [6, 6.07) is 1.91. The fraction of sp³-hybridized carbons (Fsp3) is 0.737. The van der Waals surface area contributed by atoms with Crippen LogP contribution in [0.1, 0.15) is 52.7 Å². The molecule has 1 aromatic rings. The summed E-state index contributed by atoms with van der Waals surface area (Å²) < 4.78 is 4.93. The van der Waals surface area contributed by atoms with E-state index in [-0.39, 0.29) is 39.7 Å². The molecule has 2 fully saturated rings. The minimum absolute atomic E-state index is 0.0153. The van der Waals surface area contributed by atoms with Gasteiger partial charge in [0.1, 0.15) is 5.76 Å². The Labute approximate surface area is 159 Å². The molecule has 0 aliphatic heterocycles. The van der Waals surface area contributed by atoms with Crippen molar-refractivity contribution >= 4 is 29.4 Å². The normalized spacial score (nSPS) is 30.2. The van der Waals surface area contributed by atoms with Crippen LogP contribution in [-0.2, 0) is 9.59 Å². The number of carbonyl (C=O) groups excluding carboxylic acids is 2. The van der Waals surface area contributed by atoms with Gasteiger partial charge in [-0.3, -0.25) is 9.59 Å². The van der Waals surface area contributed by atoms with Crippen molar-refractivity contribution in [3.8, 4) is 0 Å². The summed E-state index contributed by atoms with van der Waals surface area (Å²) in [6.45, 7) is 10.5. The zero-order valence-electron chi connectivity index (χ0n) is 16.2. The minimum atomic E-state index is -0.343. The molecule has 4 atom stereocenters. The zero-order chi connectivity index (χ0) is 19.1. The SMILES string of the molecule is Cc1cc(NC(=O)[C@@H](C)SCC(=O)N[C@H]2C[C@@H]3CC[C@]2(C)C3(C)C)no1. The second-order valence-corrected chi connectivity index (χ2v) is 9.82. The van der Waals surface area contributed by atoms with Gasteiger partial charge in [0.2, 0.25) is 11.8 Å². The Morgan fingerprint density at radius 3 is 2.69 bits per heavy atom. The van der Waals surface area contributed by atoms with Crippen LogP contribution in [0.2, 0.25) is 0 Å². The number of amides is 2. The Morgan fingerprint density at radius 1 is 1.42 bits per heavy atom. The molecule has 2 N–H and O–H groups in total. The van der Waals surface area contributed by atoms with Gasteiger partial charge < -0.3 is 15.2 Å². The van der Waals surface area contributed by atoms with Gasteiger partial charge in [-0.15, -0.1) is 11.8 Å². The highest BCUT2D eigenvalue weighted by molar-refractivity contribution is 8.01. The highest BCUT2D eigenvalue weighted by Crippen LogP contribution is 2.65. The van der Waals surface area contributed by atoms with Gasteiger partial charge >= 0.3 is 0 Å². The van der Waals surface area contributed by atoms with Crippen LogP contribution in [0.15, 0.2) is 10.6 Å². The van der Waals surface area contributed by atoms with E-state index in [0.29, 0.717) is 17.5 Å². The van der Waals surface area contributed by atoms with Crippen molar-refractivity contribution in [1.29, 1.82) is 0 Å². The van der Waals surface area contributed by atoms with Gasteiger partial charge in [0.15, 0.2) is 5.82 Å². The first-order valence-electron chi connectivity index (χ1n) is 9.28. The molecule has 2 bridgehead atoms. The first kappa shape index (κ1) is 19.3. The second kappa shape index (κ2) is 6.91. The predicted octanol–water partition coefficient (Wildman–Crippen LogP) is 3.37. The van der Waals surface area contributed by atoms with Gasteiger partial charge in [0.05, 0.1) is 11.0 Å². The van der Waals surface area contributed by atoms with E-state index in [2.05, 4.69) is 36.6 Å². The molecule has 0 aromatic carbocycles. The van der Waals surface area contributed by atoms with Crippen molar-refractivity contribution in [3.63, 3.8) is 0 Å². The smallest absolute Gasteiger partial charge is 0.238 e. The largest absolute Gasteiger partial charge is 0.360 e. The van der Waals surface area contributed by atoms with Gasteiger partial charge in [-0.05, 0) is 49.9 Å². The van der Waals surface area contributed by atoms with E-state index in [1.807, 2.05) is 0 Å². The van der Waals surface area contributed by atoms with E-state index in [0.717, 1.165) is 6.42 Å². The molecular weight excluding hydrogens is 350 g/mol. The number of fused-ring (bicyclic) bond motifs is 2. The van der Waals surface area contributed by atoms with Gasteiger partial charge in [-0.2, -0.15) is 0 Å². The van der Waals surface area contributed by atoms with Gasteiger partial charge in [-0.25, -0.2) is 0 Å². The standard InChI is InChI=1S/C19H29N3O3S/c1-11-8-15(22-25-11)21-17(24)12(2)26-10-16(23)20-14-9-13-6-7-19(14,5)18(13,3)4/h8,12-14H,6-7,9-10H2,1-5H3,(H,20,23)(H,21,22,24)/t12-,13+,14+,19+/m1/s1. The number of carbonyl (C=O) groups is 2. The lowest BCUT2D eigenvalue weighted by Gasteiger charge is -2.39. The average Bonchev–Trinajstić information content (AvgIpc) is 3.13. The first-order valence-corrected chi connectivity index (χ1v) is 10.3. The Kier molecular flexibility index (Phi) is 5.12. The third kappa shape index (κ3) is 3.38. The van der Waals surface area contributed by atoms with Crippen molar-refractivity contribution in [3.05, 3.63) is 11.8 Å². The molecule has 7 heteroatoms. The zero-order valence-corrected chi connectivity index (χ0v) is 17.0. The number of rotatable bonds is 6. The van der Waals surface area contributed by atoms with Crippen molar-refractivity contribution in [1.82, 2.24) is 10.5 Å². The fourth-order valence-electron chi connectivity index (χ4n) is 4.59. The van der Waals surface area contributed by atoms with Gasteiger partial charge in [0.25, 0.3) is 0 Å².